The summed E-state index contributed by atoms with van der Waals surface area (Å²) in [6, 6.07) is 0.504. The van der Waals surface area contributed by atoms with Crippen LogP contribution in [0.5, 0.6) is 0 Å². The highest BCUT2D eigenvalue weighted by molar-refractivity contribution is 6.36. The second kappa shape index (κ2) is 5.81. The van der Waals surface area contributed by atoms with Crippen molar-refractivity contribution < 1.29 is 4.74 Å². The van der Waals surface area contributed by atoms with E-state index in [2.05, 4.69) is 5.32 Å². The summed E-state index contributed by atoms with van der Waals surface area (Å²) in [5, 5.41) is 3.88. The van der Waals surface area contributed by atoms with Gasteiger partial charge in [0, 0.05) is 11.6 Å². The Morgan fingerprint density at radius 3 is 3.08 bits per heavy atom. The average molecular weight is 210 g/mol. The normalized spacial score (nSPS) is 24.8. The highest BCUT2D eigenvalue weighted by Crippen LogP contribution is 2.07. The van der Waals surface area contributed by atoms with Gasteiger partial charge in [-0.25, -0.2) is 0 Å². The zero-order valence-electron chi connectivity index (χ0n) is 6.85. The molecule has 1 aliphatic rings. The SMILES string of the molecule is ClC=C(Cl)COCC1CCCN1. The third-order valence-electron chi connectivity index (χ3n) is 1.84. The second-order valence-corrected chi connectivity index (χ2v) is 3.57. The molecule has 1 N–H and O–H groups in total. The van der Waals surface area contributed by atoms with E-state index in [1.54, 1.807) is 0 Å². The first kappa shape index (κ1) is 10.3. The van der Waals surface area contributed by atoms with Gasteiger partial charge in [0.15, 0.2) is 0 Å². The van der Waals surface area contributed by atoms with Crippen LogP contribution in [0.3, 0.4) is 0 Å². The molecule has 1 atom stereocenters. The fourth-order valence-corrected chi connectivity index (χ4v) is 1.37. The van der Waals surface area contributed by atoms with E-state index in [0.717, 1.165) is 13.2 Å². The predicted octanol–water partition coefficient (Wildman–Crippen LogP) is 2.07. The topological polar surface area (TPSA) is 21.3 Å². The quantitative estimate of drug-likeness (QED) is 0.766. The van der Waals surface area contributed by atoms with Crippen LogP contribution in [0.2, 0.25) is 0 Å². The second-order valence-electron chi connectivity index (χ2n) is 2.86. The summed E-state index contributed by atoms with van der Waals surface area (Å²) in [6.07, 6.45) is 2.44. The van der Waals surface area contributed by atoms with Crippen molar-refractivity contribution in [1.29, 1.82) is 0 Å². The molecule has 1 heterocycles. The van der Waals surface area contributed by atoms with Gasteiger partial charge in [0.05, 0.1) is 18.2 Å². The lowest BCUT2D eigenvalue weighted by molar-refractivity contribution is 0.139. The predicted molar refractivity (Wildman–Crippen MR) is 51.6 cm³/mol. The van der Waals surface area contributed by atoms with Crippen LogP contribution in [-0.2, 0) is 4.74 Å². The molecule has 0 spiro atoms. The van der Waals surface area contributed by atoms with Crippen LogP contribution in [0.4, 0.5) is 0 Å². The van der Waals surface area contributed by atoms with Crippen molar-refractivity contribution in [2.24, 2.45) is 0 Å². The Morgan fingerprint density at radius 1 is 1.67 bits per heavy atom. The third kappa shape index (κ3) is 3.76. The Balaban J connectivity index is 2.01. The number of nitrogens with one attached hydrogen (secondary N) is 1. The number of ether oxygens (including phenoxy) is 1. The standard InChI is InChI=1S/C8H13Cl2NO/c9-4-7(10)5-12-6-8-2-1-3-11-8/h4,8,11H,1-3,5-6H2. The Morgan fingerprint density at radius 2 is 2.50 bits per heavy atom. The molecule has 1 rings (SSSR count). The Kier molecular flexibility index (Phi) is 5.00. The highest BCUT2D eigenvalue weighted by Gasteiger charge is 2.13. The molecular formula is C8H13Cl2NO. The van der Waals surface area contributed by atoms with Crippen LogP contribution in [0.25, 0.3) is 0 Å². The maximum absolute atomic E-state index is 5.63. The molecule has 12 heavy (non-hydrogen) atoms. The first-order chi connectivity index (χ1) is 5.83. The molecule has 70 valence electrons. The van der Waals surface area contributed by atoms with Gasteiger partial charge in [0.1, 0.15) is 0 Å². The van der Waals surface area contributed by atoms with Crippen LogP contribution in [-0.4, -0.2) is 25.8 Å². The lowest BCUT2D eigenvalue weighted by Gasteiger charge is -2.09. The molecule has 0 aromatic heterocycles. The molecule has 2 nitrogen and oxygen atoms in total. The summed E-state index contributed by atoms with van der Waals surface area (Å²) in [5.41, 5.74) is 1.34. The maximum atomic E-state index is 5.63. The molecular weight excluding hydrogens is 197 g/mol. The molecule has 0 amide bonds. The number of halogens is 2. The summed E-state index contributed by atoms with van der Waals surface area (Å²) in [5.74, 6) is 0. The molecule has 1 fully saturated rings. The van der Waals surface area contributed by atoms with E-state index in [9.17, 15) is 0 Å². The van der Waals surface area contributed by atoms with E-state index in [1.165, 1.54) is 18.4 Å². The van der Waals surface area contributed by atoms with E-state index in [4.69, 9.17) is 27.9 Å². The first-order valence-electron chi connectivity index (χ1n) is 4.09. The van der Waals surface area contributed by atoms with E-state index < -0.39 is 0 Å². The van der Waals surface area contributed by atoms with E-state index in [-0.39, 0.29) is 0 Å². The summed E-state index contributed by atoms with van der Waals surface area (Å²) >= 11 is 11.0. The summed E-state index contributed by atoms with van der Waals surface area (Å²) < 4.78 is 5.32. The van der Waals surface area contributed by atoms with Crippen molar-refractivity contribution in [3.63, 3.8) is 0 Å². The van der Waals surface area contributed by atoms with Crippen molar-refractivity contribution in [2.45, 2.75) is 18.9 Å². The van der Waals surface area contributed by atoms with Gasteiger partial charge in [-0.1, -0.05) is 23.2 Å². The summed E-state index contributed by atoms with van der Waals surface area (Å²) in [6.45, 7) is 2.25. The molecule has 1 unspecified atom stereocenters. The molecule has 0 bridgehead atoms. The van der Waals surface area contributed by atoms with Crippen LogP contribution in [0.15, 0.2) is 10.6 Å². The third-order valence-corrected chi connectivity index (χ3v) is 2.43. The van der Waals surface area contributed by atoms with Crippen LogP contribution >= 0.6 is 23.2 Å². The zero-order chi connectivity index (χ0) is 8.81. The monoisotopic (exact) mass is 209 g/mol. The molecule has 0 radical (unpaired) electrons. The van der Waals surface area contributed by atoms with Crippen LogP contribution in [0, 0.1) is 0 Å². The van der Waals surface area contributed by atoms with Crippen LogP contribution in [0.1, 0.15) is 12.8 Å². The van der Waals surface area contributed by atoms with E-state index in [1.807, 2.05) is 0 Å². The van der Waals surface area contributed by atoms with Crippen molar-refractivity contribution >= 4 is 23.2 Å². The van der Waals surface area contributed by atoms with Gasteiger partial charge in [-0.15, -0.1) is 0 Å². The minimum absolute atomic E-state index is 0.420. The van der Waals surface area contributed by atoms with E-state index in [0.29, 0.717) is 17.7 Å². The number of hydrogen-bond acceptors (Lipinski definition) is 2. The van der Waals surface area contributed by atoms with Gasteiger partial charge in [-0.2, -0.15) is 0 Å². The van der Waals surface area contributed by atoms with Gasteiger partial charge in [0.2, 0.25) is 0 Å². The van der Waals surface area contributed by atoms with E-state index >= 15 is 0 Å². The molecule has 0 aromatic carbocycles. The zero-order valence-corrected chi connectivity index (χ0v) is 8.37. The van der Waals surface area contributed by atoms with Gasteiger partial charge >= 0.3 is 0 Å². The van der Waals surface area contributed by atoms with Crippen molar-refractivity contribution in [3.8, 4) is 0 Å². The average Bonchev–Trinajstić information content (AvgIpc) is 2.57. The van der Waals surface area contributed by atoms with Crippen LogP contribution < -0.4 is 5.32 Å². The smallest absolute Gasteiger partial charge is 0.0832 e. The van der Waals surface area contributed by atoms with Gasteiger partial charge in [0.25, 0.3) is 0 Å². The molecule has 0 saturated carbocycles. The molecule has 0 aliphatic carbocycles. The summed E-state index contributed by atoms with van der Waals surface area (Å²) in [7, 11) is 0. The van der Waals surface area contributed by atoms with Gasteiger partial charge in [-0.05, 0) is 19.4 Å². The Labute approximate surface area is 82.9 Å². The minimum atomic E-state index is 0.420. The maximum Gasteiger partial charge on any atom is 0.0832 e. The summed E-state index contributed by atoms with van der Waals surface area (Å²) in [4.78, 5) is 0. The molecule has 1 aliphatic heterocycles. The number of rotatable bonds is 4. The lowest BCUT2D eigenvalue weighted by atomic mass is 10.2. The first-order valence-corrected chi connectivity index (χ1v) is 4.90. The largest absolute Gasteiger partial charge is 0.374 e. The molecule has 1 saturated heterocycles. The van der Waals surface area contributed by atoms with Gasteiger partial charge < -0.3 is 10.1 Å². The fraction of sp³-hybridized carbons (Fsp3) is 0.750. The Bertz CT molecular complexity index is 155. The minimum Gasteiger partial charge on any atom is -0.374 e. The Hall–Kier alpha value is 0.240. The number of hydrogen-bond donors (Lipinski definition) is 1. The van der Waals surface area contributed by atoms with Crippen molar-refractivity contribution in [3.05, 3.63) is 10.6 Å². The lowest BCUT2D eigenvalue weighted by Crippen LogP contribution is -2.26. The molecule has 4 heteroatoms. The molecule has 0 aromatic rings. The van der Waals surface area contributed by atoms with Crippen molar-refractivity contribution in [2.75, 3.05) is 19.8 Å². The highest BCUT2D eigenvalue weighted by atomic mass is 35.5. The van der Waals surface area contributed by atoms with Crippen molar-refractivity contribution in [1.82, 2.24) is 5.32 Å². The fourth-order valence-electron chi connectivity index (χ4n) is 1.23. The van der Waals surface area contributed by atoms with Gasteiger partial charge in [-0.3, -0.25) is 0 Å².